The lowest BCUT2D eigenvalue weighted by Gasteiger charge is -2.31. The fourth-order valence-electron chi connectivity index (χ4n) is 4.43. The topological polar surface area (TPSA) is 125 Å². The largest absolute Gasteiger partial charge is 0.335 e. The zero-order valence-corrected chi connectivity index (χ0v) is 16.3. The Labute approximate surface area is 169 Å². The Bertz CT molecular complexity index is 796. The molecule has 3 aliphatic carbocycles. The van der Waals surface area contributed by atoms with Crippen LogP contribution in [0, 0.1) is 10.1 Å². The van der Waals surface area contributed by atoms with Crippen molar-refractivity contribution >= 4 is 23.4 Å². The maximum absolute atomic E-state index is 12.5. The Morgan fingerprint density at radius 1 is 0.897 bits per heavy atom. The number of carbonyl (C=O) groups is 2. The monoisotopic (exact) mass is 401 g/mol. The Balaban J connectivity index is 1.31. The number of nitrogens with one attached hydrogen (secondary N) is 4. The van der Waals surface area contributed by atoms with E-state index >= 15 is 0 Å². The highest BCUT2D eigenvalue weighted by molar-refractivity contribution is 5.90. The summed E-state index contributed by atoms with van der Waals surface area (Å²) in [4.78, 5) is 35.2. The third kappa shape index (κ3) is 4.28. The van der Waals surface area contributed by atoms with Gasteiger partial charge in [-0.1, -0.05) is 19.3 Å². The third-order valence-electron chi connectivity index (χ3n) is 6.40. The van der Waals surface area contributed by atoms with Crippen molar-refractivity contribution in [3.8, 4) is 0 Å². The van der Waals surface area contributed by atoms with E-state index in [1.165, 1.54) is 30.7 Å². The molecule has 0 spiro atoms. The molecule has 9 nitrogen and oxygen atoms in total. The highest BCUT2D eigenvalue weighted by Gasteiger charge is 2.67. The number of benzene rings is 1. The number of carbonyl (C=O) groups excluding carboxylic acids is 2. The Morgan fingerprint density at radius 3 is 1.97 bits per heavy atom. The van der Waals surface area contributed by atoms with Gasteiger partial charge in [0.25, 0.3) is 5.69 Å². The minimum Gasteiger partial charge on any atom is -0.335 e. The summed E-state index contributed by atoms with van der Waals surface area (Å²) in [7, 11) is 0. The van der Waals surface area contributed by atoms with Crippen molar-refractivity contribution in [3.05, 3.63) is 34.4 Å². The first-order chi connectivity index (χ1) is 13.9. The normalized spacial score (nSPS) is 21.5. The second kappa shape index (κ2) is 7.53. The van der Waals surface area contributed by atoms with E-state index in [1.54, 1.807) is 0 Å². The summed E-state index contributed by atoms with van der Waals surface area (Å²) in [6.07, 6.45) is 8.96. The Hall–Kier alpha value is -2.84. The Kier molecular flexibility index (Phi) is 5.06. The molecule has 4 rings (SSSR count). The molecule has 0 aliphatic heterocycles. The van der Waals surface area contributed by atoms with Crippen LogP contribution in [-0.2, 0) is 0 Å². The van der Waals surface area contributed by atoms with Gasteiger partial charge in [-0.2, -0.15) is 0 Å². The van der Waals surface area contributed by atoms with Crippen LogP contribution in [0.25, 0.3) is 0 Å². The third-order valence-corrected chi connectivity index (χ3v) is 6.40. The van der Waals surface area contributed by atoms with Crippen LogP contribution in [0.15, 0.2) is 24.3 Å². The van der Waals surface area contributed by atoms with E-state index in [1.807, 2.05) is 0 Å². The summed E-state index contributed by atoms with van der Waals surface area (Å²) in [5.41, 5.74) is -0.336. The van der Waals surface area contributed by atoms with Crippen LogP contribution < -0.4 is 21.3 Å². The smallest absolute Gasteiger partial charge is 0.319 e. The number of hydrogen-bond acceptors (Lipinski definition) is 4. The van der Waals surface area contributed by atoms with E-state index in [4.69, 9.17) is 0 Å². The molecule has 4 N–H and O–H groups in total. The minimum absolute atomic E-state index is 0.0280. The first-order valence-electron chi connectivity index (χ1n) is 10.3. The molecule has 0 aromatic heterocycles. The Morgan fingerprint density at radius 2 is 1.45 bits per heavy atom. The summed E-state index contributed by atoms with van der Waals surface area (Å²) < 4.78 is 0. The van der Waals surface area contributed by atoms with Crippen LogP contribution in [0.4, 0.5) is 21.0 Å². The van der Waals surface area contributed by atoms with Gasteiger partial charge in [-0.15, -0.1) is 0 Å². The first-order valence-corrected chi connectivity index (χ1v) is 10.3. The number of anilines is 1. The highest BCUT2D eigenvalue weighted by atomic mass is 16.6. The zero-order valence-electron chi connectivity index (χ0n) is 16.3. The van der Waals surface area contributed by atoms with E-state index in [-0.39, 0.29) is 29.3 Å². The molecule has 0 atom stereocenters. The minimum atomic E-state index is -0.482. The SMILES string of the molecule is O=C(Nc1ccc([N+](=O)[O-])cc1)NC1(C2(NC(=O)NC3CCCCC3)CC2)CC1. The van der Waals surface area contributed by atoms with Crippen molar-refractivity contribution in [2.24, 2.45) is 0 Å². The predicted molar refractivity (Wildman–Crippen MR) is 108 cm³/mol. The average Bonchev–Trinajstić information content (AvgIpc) is 3.60. The maximum Gasteiger partial charge on any atom is 0.319 e. The molecule has 0 heterocycles. The molecular formula is C20H27N5O4. The average molecular weight is 401 g/mol. The van der Waals surface area contributed by atoms with Gasteiger partial charge in [-0.25, -0.2) is 9.59 Å². The van der Waals surface area contributed by atoms with Crippen molar-refractivity contribution < 1.29 is 14.5 Å². The van der Waals surface area contributed by atoms with E-state index in [9.17, 15) is 19.7 Å². The van der Waals surface area contributed by atoms with Gasteiger partial charge in [-0.05, 0) is 50.7 Å². The number of nitro groups is 1. The van der Waals surface area contributed by atoms with Crippen LogP contribution in [-0.4, -0.2) is 34.1 Å². The molecule has 1 aromatic carbocycles. The number of nitrogens with zero attached hydrogens (tertiary/aromatic N) is 1. The van der Waals surface area contributed by atoms with E-state index in [2.05, 4.69) is 21.3 Å². The van der Waals surface area contributed by atoms with Crippen molar-refractivity contribution in [2.75, 3.05) is 5.32 Å². The molecule has 9 heteroatoms. The van der Waals surface area contributed by atoms with Gasteiger partial charge < -0.3 is 21.3 Å². The number of amides is 4. The molecule has 0 bridgehead atoms. The summed E-state index contributed by atoms with van der Waals surface area (Å²) in [5, 5.41) is 22.7. The molecule has 0 radical (unpaired) electrons. The molecule has 0 saturated heterocycles. The molecule has 1 aromatic rings. The summed E-state index contributed by atoms with van der Waals surface area (Å²) in [6, 6.07) is 5.44. The van der Waals surface area contributed by atoms with Crippen LogP contribution in [0.1, 0.15) is 57.8 Å². The standard InChI is InChI=1S/C20H27N5O4/c26-17(21-14-4-2-1-3-5-14)23-19(10-11-19)20(12-13-20)24-18(27)22-15-6-8-16(9-7-15)25(28)29/h6-9,14H,1-5,10-13H2,(H2,21,23,26)(H2,22,24,27). The first kappa shape index (κ1) is 19.5. The summed E-state index contributed by atoms with van der Waals surface area (Å²) >= 11 is 0. The summed E-state index contributed by atoms with van der Waals surface area (Å²) in [5.74, 6) is 0. The molecule has 29 heavy (non-hydrogen) atoms. The van der Waals surface area contributed by atoms with Crippen LogP contribution in [0.5, 0.6) is 0 Å². The summed E-state index contributed by atoms with van der Waals surface area (Å²) in [6.45, 7) is 0. The highest BCUT2D eigenvalue weighted by Crippen LogP contribution is 2.57. The van der Waals surface area contributed by atoms with Crippen molar-refractivity contribution in [1.29, 1.82) is 0 Å². The zero-order chi connectivity index (χ0) is 20.5. The maximum atomic E-state index is 12.5. The molecule has 3 saturated carbocycles. The van der Waals surface area contributed by atoms with E-state index in [0.717, 1.165) is 51.4 Å². The number of rotatable bonds is 6. The van der Waals surface area contributed by atoms with Crippen molar-refractivity contribution in [1.82, 2.24) is 16.0 Å². The second-order valence-electron chi connectivity index (χ2n) is 8.48. The van der Waals surface area contributed by atoms with Gasteiger partial charge in [0.05, 0.1) is 16.0 Å². The van der Waals surface area contributed by atoms with Gasteiger partial charge >= 0.3 is 12.1 Å². The predicted octanol–water partition coefficient (Wildman–Crippen LogP) is 3.41. The van der Waals surface area contributed by atoms with Crippen LogP contribution >= 0.6 is 0 Å². The number of hydrogen-bond donors (Lipinski definition) is 4. The van der Waals surface area contributed by atoms with Crippen molar-refractivity contribution in [3.63, 3.8) is 0 Å². The van der Waals surface area contributed by atoms with Gasteiger partial charge in [0.2, 0.25) is 0 Å². The van der Waals surface area contributed by atoms with E-state index < -0.39 is 10.5 Å². The lowest BCUT2D eigenvalue weighted by molar-refractivity contribution is -0.384. The van der Waals surface area contributed by atoms with Crippen LogP contribution in [0.2, 0.25) is 0 Å². The lowest BCUT2D eigenvalue weighted by Crippen LogP contribution is -2.59. The molecular weight excluding hydrogens is 374 g/mol. The molecule has 156 valence electrons. The number of nitro benzene ring substituents is 1. The lowest BCUT2D eigenvalue weighted by atomic mass is 9.95. The molecule has 3 aliphatic rings. The second-order valence-corrected chi connectivity index (χ2v) is 8.48. The molecule has 0 unspecified atom stereocenters. The van der Waals surface area contributed by atoms with Gasteiger partial charge in [-0.3, -0.25) is 10.1 Å². The quantitative estimate of drug-likeness (QED) is 0.430. The molecule has 4 amide bonds. The number of non-ortho nitro benzene ring substituents is 1. The van der Waals surface area contributed by atoms with Crippen LogP contribution in [0.3, 0.4) is 0 Å². The van der Waals surface area contributed by atoms with Gasteiger partial charge in [0.15, 0.2) is 0 Å². The molecule has 3 fully saturated rings. The van der Waals surface area contributed by atoms with E-state index in [0.29, 0.717) is 5.69 Å². The van der Waals surface area contributed by atoms with Gasteiger partial charge in [0.1, 0.15) is 0 Å². The fraction of sp³-hybridized carbons (Fsp3) is 0.600. The number of urea groups is 2. The van der Waals surface area contributed by atoms with Crippen molar-refractivity contribution in [2.45, 2.75) is 74.9 Å². The van der Waals surface area contributed by atoms with Gasteiger partial charge in [0, 0.05) is 23.9 Å². The fourth-order valence-corrected chi connectivity index (χ4v) is 4.43.